The Kier molecular flexibility index (Phi) is 6.35. The third-order valence-electron chi connectivity index (χ3n) is 4.95. The average Bonchev–Trinajstić information content (AvgIpc) is 2.68. The van der Waals surface area contributed by atoms with Crippen molar-refractivity contribution in [3.8, 4) is 0 Å². The number of anilines is 2. The number of nitrogens with zero attached hydrogens (tertiary/aromatic N) is 5. The number of carbonyl (C=O) groups is 1. The Labute approximate surface area is 156 Å². The van der Waals surface area contributed by atoms with E-state index in [2.05, 4.69) is 20.2 Å². The van der Waals surface area contributed by atoms with E-state index >= 15 is 0 Å². The normalized spacial score (nSPS) is 19.0. The number of rotatable bonds is 7. The summed E-state index contributed by atoms with van der Waals surface area (Å²) in [6.07, 6.45) is 2.19. The lowest BCUT2D eigenvalue weighted by atomic mass is 9.97. The zero-order valence-corrected chi connectivity index (χ0v) is 15.0. The van der Waals surface area contributed by atoms with E-state index in [0.717, 1.165) is 19.6 Å². The smallest absolute Gasteiger partial charge is 0.353 e. The van der Waals surface area contributed by atoms with Gasteiger partial charge in [0.25, 0.3) is 0 Å². The van der Waals surface area contributed by atoms with E-state index < -0.39 is 16.8 Å². The van der Waals surface area contributed by atoms with Gasteiger partial charge in [0.1, 0.15) is 6.33 Å². The lowest BCUT2D eigenvalue weighted by Crippen LogP contribution is -2.39. The molecule has 0 bridgehead atoms. The molecule has 2 N–H and O–H groups in total. The number of carboxylic acid groups (broad SMARTS) is 1. The van der Waals surface area contributed by atoms with Crippen molar-refractivity contribution >= 4 is 23.3 Å². The number of hydrogen-bond donors (Lipinski definition) is 2. The van der Waals surface area contributed by atoms with Crippen LogP contribution in [0.2, 0.25) is 0 Å². The van der Waals surface area contributed by atoms with Crippen molar-refractivity contribution in [3.63, 3.8) is 0 Å². The van der Waals surface area contributed by atoms with Gasteiger partial charge in [0.15, 0.2) is 0 Å². The largest absolute Gasteiger partial charge is 0.481 e. The molecule has 0 aromatic carbocycles. The molecule has 3 rings (SSSR count). The molecular formula is C16H24N6O5. The van der Waals surface area contributed by atoms with Crippen LogP contribution in [-0.4, -0.2) is 83.3 Å². The van der Waals surface area contributed by atoms with Crippen LogP contribution >= 0.6 is 0 Å². The monoisotopic (exact) mass is 380 g/mol. The van der Waals surface area contributed by atoms with Gasteiger partial charge in [-0.2, -0.15) is 0 Å². The predicted molar refractivity (Wildman–Crippen MR) is 97.0 cm³/mol. The highest BCUT2D eigenvalue weighted by atomic mass is 16.6. The molecule has 11 heteroatoms. The fraction of sp³-hybridized carbons (Fsp3) is 0.688. The van der Waals surface area contributed by atoms with Crippen molar-refractivity contribution < 1.29 is 19.6 Å². The summed E-state index contributed by atoms with van der Waals surface area (Å²) in [5, 5.41) is 23.8. The van der Waals surface area contributed by atoms with Gasteiger partial charge >= 0.3 is 11.7 Å². The lowest BCUT2D eigenvalue weighted by Gasteiger charge is -2.30. The van der Waals surface area contributed by atoms with E-state index in [-0.39, 0.29) is 17.3 Å². The first-order chi connectivity index (χ1) is 13.1. The van der Waals surface area contributed by atoms with Gasteiger partial charge in [0.05, 0.1) is 24.1 Å². The molecule has 0 atom stereocenters. The minimum absolute atomic E-state index is 0.159. The summed E-state index contributed by atoms with van der Waals surface area (Å²) < 4.78 is 5.31. The highest BCUT2D eigenvalue weighted by Gasteiger charge is 2.31. The van der Waals surface area contributed by atoms with Crippen molar-refractivity contribution in [1.29, 1.82) is 0 Å². The van der Waals surface area contributed by atoms with Gasteiger partial charge in [-0.15, -0.1) is 0 Å². The SMILES string of the molecule is O=C(O)C1CCN(c2ncnc(NCCN3CCOCC3)c2[N+](=O)[O-])CC1. The van der Waals surface area contributed by atoms with E-state index in [9.17, 15) is 14.9 Å². The van der Waals surface area contributed by atoms with E-state index in [1.54, 1.807) is 4.90 Å². The molecule has 3 heterocycles. The summed E-state index contributed by atoms with van der Waals surface area (Å²) >= 11 is 0. The maximum atomic E-state index is 11.7. The number of piperidine rings is 1. The summed E-state index contributed by atoms with van der Waals surface area (Å²) in [7, 11) is 0. The highest BCUT2D eigenvalue weighted by molar-refractivity contribution is 5.72. The topological polar surface area (TPSA) is 134 Å². The summed E-state index contributed by atoms with van der Waals surface area (Å²) in [5.74, 6) is -0.795. The van der Waals surface area contributed by atoms with Crippen LogP contribution in [0.5, 0.6) is 0 Å². The third kappa shape index (κ3) is 4.80. The number of ether oxygens (including phenoxy) is 1. The number of hydrogen-bond acceptors (Lipinski definition) is 9. The Morgan fingerprint density at radius 2 is 2.00 bits per heavy atom. The van der Waals surface area contributed by atoms with E-state index in [0.29, 0.717) is 45.7 Å². The zero-order chi connectivity index (χ0) is 19.2. The van der Waals surface area contributed by atoms with Crippen molar-refractivity contribution in [3.05, 3.63) is 16.4 Å². The second kappa shape index (κ2) is 8.91. The molecule has 2 aliphatic rings. The minimum atomic E-state index is -0.822. The standard InChI is InChI=1S/C16H24N6O5/c23-16(24)12-1-4-21(5-2-12)15-13(22(25)26)14(18-11-19-15)17-3-6-20-7-9-27-10-8-20/h11-12H,1-10H2,(H,23,24)(H,17,18,19). The first-order valence-corrected chi connectivity index (χ1v) is 9.07. The van der Waals surface area contributed by atoms with Crippen LogP contribution in [-0.2, 0) is 9.53 Å². The van der Waals surface area contributed by atoms with Gasteiger partial charge in [-0.05, 0) is 12.8 Å². The Balaban J connectivity index is 1.67. The summed E-state index contributed by atoms with van der Waals surface area (Å²) in [5.41, 5.74) is -0.159. The summed E-state index contributed by atoms with van der Waals surface area (Å²) in [4.78, 5) is 34.4. The molecule has 1 aromatic rings. The molecule has 0 unspecified atom stereocenters. The Bertz CT molecular complexity index is 673. The lowest BCUT2D eigenvalue weighted by molar-refractivity contribution is -0.383. The van der Waals surface area contributed by atoms with Crippen molar-refractivity contribution in [2.24, 2.45) is 5.92 Å². The highest BCUT2D eigenvalue weighted by Crippen LogP contribution is 2.33. The van der Waals surface area contributed by atoms with E-state index in [4.69, 9.17) is 9.84 Å². The molecule has 11 nitrogen and oxygen atoms in total. The molecule has 0 aliphatic carbocycles. The van der Waals surface area contributed by atoms with Gasteiger partial charge in [-0.3, -0.25) is 19.8 Å². The van der Waals surface area contributed by atoms with Crippen molar-refractivity contribution in [1.82, 2.24) is 14.9 Å². The van der Waals surface area contributed by atoms with Crippen LogP contribution in [0.1, 0.15) is 12.8 Å². The second-order valence-corrected chi connectivity index (χ2v) is 6.63. The molecule has 0 saturated carbocycles. The number of nitro groups is 1. The molecule has 2 aliphatic heterocycles. The van der Waals surface area contributed by atoms with Gasteiger partial charge < -0.3 is 20.1 Å². The number of morpholine rings is 1. The first-order valence-electron chi connectivity index (χ1n) is 9.07. The van der Waals surface area contributed by atoms with Crippen molar-refractivity contribution in [2.75, 3.05) is 62.7 Å². The quantitative estimate of drug-likeness (QED) is 0.506. The van der Waals surface area contributed by atoms with Gasteiger partial charge in [-0.25, -0.2) is 9.97 Å². The van der Waals surface area contributed by atoms with Crippen LogP contribution in [0.25, 0.3) is 0 Å². The summed E-state index contributed by atoms with van der Waals surface area (Å²) in [6.45, 7) is 5.19. The molecular weight excluding hydrogens is 356 g/mol. The Hall–Kier alpha value is -2.53. The van der Waals surface area contributed by atoms with Crippen LogP contribution in [0.15, 0.2) is 6.33 Å². The molecule has 0 spiro atoms. The van der Waals surface area contributed by atoms with Gasteiger partial charge in [0, 0.05) is 39.3 Å². The number of nitrogens with one attached hydrogen (secondary N) is 1. The fourth-order valence-electron chi connectivity index (χ4n) is 3.39. The fourth-order valence-corrected chi connectivity index (χ4v) is 3.39. The molecule has 1 aromatic heterocycles. The molecule has 27 heavy (non-hydrogen) atoms. The maximum absolute atomic E-state index is 11.7. The first kappa shape index (κ1) is 19.2. The maximum Gasteiger partial charge on any atom is 0.353 e. The van der Waals surface area contributed by atoms with Crippen molar-refractivity contribution in [2.45, 2.75) is 12.8 Å². The van der Waals surface area contributed by atoms with Gasteiger partial charge in [0.2, 0.25) is 11.6 Å². The zero-order valence-electron chi connectivity index (χ0n) is 15.0. The summed E-state index contributed by atoms with van der Waals surface area (Å²) in [6, 6.07) is 0. The molecule has 0 radical (unpaired) electrons. The van der Waals surface area contributed by atoms with Gasteiger partial charge in [-0.1, -0.05) is 0 Å². The van der Waals surface area contributed by atoms with Crippen LogP contribution in [0, 0.1) is 16.0 Å². The predicted octanol–water partition coefficient (Wildman–Crippen LogP) is 0.430. The van der Waals surface area contributed by atoms with E-state index in [1.807, 2.05) is 0 Å². The molecule has 2 saturated heterocycles. The van der Waals surface area contributed by atoms with Crippen LogP contribution in [0.3, 0.4) is 0 Å². The van der Waals surface area contributed by atoms with E-state index in [1.165, 1.54) is 6.33 Å². The molecule has 0 amide bonds. The minimum Gasteiger partial charge on any atom is -0.481 e. The number of carboxylic acids is 1. The Morgan fingerprint density at radius 1 is 1.30 bits per heavy atom. The molecule has 2 fully saturated rings. The third-order valence-corrected chi connectivity index (χ3v) is 4.95. The van der Waals surface area contributed by atoms with Crippen LogP contribution in [0.4, 0.5) is 17.3 Å². The number of aliphatic carboxylic acids is 1. The number of aromatic nitrogens is 2. The molecule has 148 valence electrons. The Morgan fingerprint density at radius 3 is 2.63 bits per heavy atom. The average molecular weight is 380 g/mol. The van der Waals surface area contributed by atoms with Crippen LogP contribution < -0.4 is 10.2 Å². The second-order valence-electron chi connectivity index (χ2n) is 6.63.